The van der Waals surface area contributed by atoms with Gasteiger partial charge in [0.15, 0.2) is 5.76 Å². The third kappa shape index (κ3) is 5.73. The quantitative estimate of drug-likeness (QED) is 0.346. The van der Waals surface area contributed by atoms with Crippen molar-refractivity contribution in [1.82, 2.24) is 15.4 Å². The minimum absolute atomic E-state index is 0.0199. The largest absolute Gasteiger partial charge is 0.396 e. The number of nitrogens with zero attached hydrogens (tertiary/aromatic N) is 2. The number of halogens is 1. The molecule has 4 rings (SSSR count). The molecule has 0 aliphatic heterocycles. The molecule has 2 aromatic heterocycles. The lowest BCUT2D eigenvalue weighted by molar-refractivity contribution is -0.116. The van der Waals surface area contributed by atoms with Gasteiger partial charge in [-0.2, -0.15) is 5.10 Å². The van der Waals surface area contributed by atoms with Gasteiger partial charge in [-0.05, 0) is 74.6 Å². The Morgan fingerprint density at radius 3 is 2.79 bits per heavy atom. The maximum atomic E-state index is 14.2. The van der Waals surface area contributed by atoms with Crippen LogP contribution in [0.15, 0.2) is 28.8 Å². The van der Waals surface area contributed by atoms with E-state index >= 15 is 0 Å². The summed E-state index contributed by atoms with van der Waals surface area (Å²) >= 11 is 0. The number of aromatic nitrogens is 3. The second-order valence-corrected chi connectivity index (χ2v) is 9.76. The fourth-order valence-electron chi connectivity index (χ4n) is 4.40. The number of carbonyl (C=O) groups is 1. The monoisotopic (exact) mass is 468 g/mol. The van der Waals surface area contributed by atoms with Crippen LogP contribution in [0.5, 0.6) is 0 Å². The Bertz CT molecular complexity index is 1130. The van der Waals surface area contributed by atoms with Crippen molar-refractivity contribution < 1.29 is 18.8 Å². The lowest BCUT2D eigenvalue weighted by Crippen LogP contribution is -2.18. The van der Waals surface area contributed by atoms with E-state index in [1.54, 1.807) is 19.1 Å². The van der Waals surface area contributed by atoms with Gasteiger partial charge in [-0.1, -0.05) is 25.1 Å². The van der Waals surface area contributed by atoms with Gasteiger partial charge in [0.05, 0.1) is 11.4 Å². The number of carbonyl (C=O) groups excluding carboxylic acids is 1. The summed E-state index contributed by atoms with van der Waals surface area (Å²) in [4.78, 5) is 12.9. The number of aliphatic hydroxyl groups excluding tert-OH is 1. The van der Waals surface area contributed by atoms with E-state index in [1.165, 1.54) is 6.07 Å². The predicted octanol–water partition coefficient (Wildman–Crippen LogP) is 5.47. The second-order valence-electron chi connectivity index (χ2n) is 9.76. The van der Waals surface area contributed by atoms with Crippen LogP contribution >= 0.6 is 0 Å². The highest BCUT2D eigenvalue weighted by atomic mass is 19.1. The minimum atomic E-state index is -0.460. The highest BCUT2D eigenvalue weighted by Gasteiger charge is 2.36. The Morgan fingerprint density at radius 2 is 2.12 bits per heavy atom. The Hall–Kier alpha value is -3.00. The van der Waals surface area contributed by atoms with Crippen LogP contribution in [-0.2, 0) is 11.2 Å². The summed E-state index contributed by atoms with van der Waals surface area (Å²) in [6.07, 6.45) is 4.20. The van der Waals surface area contributed by atoms with Gasteiger partial charge in [0.2, 0.25) is 5.91 Å². The zero-order valence-corrected chi connectivity index (χ0v) is 20.0. The van der Waals surface area contributed by atoms with E-state index in [2.05, 4.69) is 34.5 Å². The summed E-state index contributed by atoms with van der Waals surface area (Å²) in [5.74, 6) is 0.483. The molecule has 2 heterocycles. The number of benzene rings is 1. The second kappa shape index (κ2) is 10.5. The van der Waals surface area contributed by atoms with Gasteiger partial charge in [0, 0.05) is 30.2 Å². The number of hydrogen-bond donors (Lipinski definition) is 3. The van der Waals surface area contributed by atoms with E-state index in [0.29, 0.717) is 30.4 Å². The highest BCUT2D eigenvalue weighted by molar-refractivity contribution is 5.91. The summed E-state index contributed by atoms with van der Waals surface area (Å²) in [7, 11) is 0. The van der Waals surface area contributed by atoms with Crippen LogP contribution in [0.2, 0.25) is 0 Å². The molecule has 34 heavy (non-hydrogen) atoms. The fraction of sp³-hybridized carbons (Fsp3) is 0.500. The van der Waals surface area contributed by atoms with E-state index < -0.39 is 5.82 Å². The standard InChI is InChI=1S/C26H33FN4O3/c1-15(2)11-19-14-22(30-29-19)26-24(17-7-8-17)25(31-34-26)18(5-4-10-32)13-23(33)28-21-9-6-16(3)12-20(21)27/h6,9,12,14-15,17-18,32H,4-5,7-8,10-11,13H2,1-3H3,(H,28,33)(H,29,30)/t18-/m0/s1. The van der Waals surface area contributed by atoms with Crippen molar-refractivity contribution >= 4 is 11.6 Å². The van der Waals surface area contributed by atoms with Crippen molar-refractivity contribution in [3.63, 3.8) is 0 Å². The van der Waals surface area contributed by atoms with Crippen LogP contribution in [0.25, 0.3) is 11.5 Å². The molecule has 1 saturated carbocycles. The van der Waals surface area contributed by atoms with Gasteiger partial charge < -0.3 is 14.9 Å². The van der Waals surface area contributed by atoms with Crippen molar-refractivity contribution in [1.29, 1.82) is 0 Å². The first-order valence-electron chi connectivity index (χ1n) is 12.1. The summed E-state index contributed by atoms with van der Waals surface area (Å²) in [5, 5.41) is 24.1. The molecule has 3 aromatic rings. The first-order valence-corrected chi connectivity index (χ1v) is 12.1. The first kappa shape index (κ1) is 24.1. The topological polar surface area (TPSA) is 104 Å². The van der Waals surface area contributed by atoms with Gasteiger partial charge in [0.1, 0.15) is 11.5 Å². The summed E-state index contributed by atoms with van der Waals surface area (Å²) < 4.78 is 20.0. The van der Waals surface area contributed by atoms with Gasteiger partial charge in [-0.25, -0.2) is 4.39 Å². The smallest absolute Gasteiger partial charge is 0.225 e. The van der Waals surface area contributed by atoms with E-state index in [9.17, 15) is 14.3 Å². The Morgan fingerprint density at radius 1 is 1.32 bits per heavy atom. The molecule has 0 unspecified atom stereocenters. The summed E-state index contributed by atoms with van der Waals surface area (Å²) in [6.45, 7) is 6.13. The van der Waals surface area contributed by atoms with Crippen LogP contribution in [0.3, 0.4) is 0 Å². The lowest BCUT2D eigenvalue weighted by Gasteiger charge is -2.16. The van der Waals surface area contributed by atoms with E-state index in [4.69, 9.17) is 4.52 Å². The van der Waals surface area contributed by atoms with Crippen LogP contribution in [-0.4, -0.2) is 33.0 Å². The zero-order valence-electron chi connectivity index (χ0n) is 20.0. The Balaban J connectivity index is 1.58. The summed E-state index contributed by atoms with van der Waals surface area (Å²) in [6, 6.07) is 6.73. The molecule has 3 N–H and O–H groups in total. The molecule has 7 nitrogen and oxygen atoms in total. The molecule has 1 aliphatic rings. The average molecular weight is 469 g/mol. The molecule has 1 amide bonds. The average Bonchev–Trinajstić information content (AvgIpc) is 3.36. The van der Waals surface area contributed by atoms with Gasteiger partial charge in [-0.3, -0.25) is 9.89 Å². The molecule has 1 atom stereocenters. The number of hydrogen-bond acceptors (Lipinski definition) is 5. The molecule has 1 fully saturated rings. The Kier molecular flexibility index (Phi) is 7.46. The molecule has 8 heteroatoms. The maximum Gasteiger partial charge on any atom is 0.225 e. The molecule has 1 aliphatic carbocycles. The van der Waals surface area contributed by atoms with Crippen LogP contribution in [0, 0.1) is 18.7 Å². The SMILES string of the molecule is Cc1ccc(NC(=O)C[C@H](CCCO)c2noc(-c3cc(CC(C)C)[nH]n3)c2C2CC2)c(F)c1. The van der Waals surface area contributed by atoms with Crippen LogP contribution in [0.1, 0.15) is 80.3 Å². The van der Waals surface area contributed by atoms with E-state index in [0.717, 1.165) is 47.5 Å². The van der Waals surface area contributed by atoms with Crippen molar-refractivity contribution in [2.75, 3.05) is 11.9 Å². The third-order valence-electron chi connectivity index (χ3n) is 6.16. The van der Waals surface area contributed by atoms with Crippen molar-refractivity contribution in [2.24, 2.45) is 5.92 Å². The Labute approximate surface area is 199 Å². The number of aliphatic hydroxyl groups is 1. The summed E-state index contributed by atoms with van der Waals surface area (Å²) in [5.41, 5.74) is 4.48. The number of rotatable bonds is 11. The van der Waals surface area contributed by atoms with Gasteiger partial charge in [0.25, 0.3) is 0 Å². The first-order chi connectivity index (χ1) is 16.4. The molecule has 0 spiro atoms. The normalized spacial score (nSPS) is 14.5. The number of nitrogens with one attached hydrogen (secondary N) is 2. The number of H-pyrrole nitrogens is 1. The number of aryl methyl sites for hydroxylation is 1. The van der Waals surface area contributed by atoms with Crippen molar-refractivity contribution in [2.45, 2.75) is 71.1 Å². The van der Waals surface area contributed by atoms with Crippen LogP contribution < -0.4 is 5.32 Å². The molecule has 0 radical (unpaired) electrons. The molecule has 1 aromatic carbocycles. The molecular formula is C26H33FN4O3. The zero-order chi connectivity index (χ0) is 24.2. The minimum Gasteiger partial charge on any atom is -0.396 e. The highest BCUT2D eigenvalue weighted by Crippen LogP contribution is 2.48. The number of amides is 1. The fourth-order valence-corrected chi connectivity index (χ4v) is 4.40. The van der Waals surface area contributed by atoms with E-state index in [1.807, 2.05) is 6.07 Å². The molecular weight excluding hydrogens is 435 g/mol. The molecule has 0 bridgehead atoms. The molecule has 182 valence electrons. The third-order valence-corrected chi connectivity index (χ3v) is 6.16. The van der Waals surface area contributed by atoms with Crippen LogP contribution in [0.4, 0.5) is 10.1 Å². The van der Waals surface area contributed by atoms with E-state index in [-0.39, 0.29) is 30.5 Å². The van der Waals surface area contributed by atoms with Crippen molar-refractivity contribution in [3.8, 4) is 11.5 Å². The number of anilines is 1. The number of aromatic amines is 1. The van der Waals surface area contributed by atoms with Crippen molar-refractivity contribution in [3.05, 3.63) is 52.6 Å². The maximum absolute atomic E-state index is 14.2. The molecule has 0 saturated heterocycles. The lowest BCUT2D eigenvalue weighted by atomic mass is 9.90. The predicted molar refractivity (Wildman–Crippen MR) is 128 cm³/mol. The van der Waals surface area contributed by atoms with Gasteiger partial charge >= 0.3 is 0 Å². The van der Waals surface area contributed by atoms with Gasteiger partial charge in [-0.15, -0.1) is 0 Å².